The lowest BCUT2D eigenvalue weighted by Crippen LogP contribution is -2.46. The van der Waals surface area contributed by atoms with Crippen LogP contribution in [0.2, 0.25) is 0 Å². The van der Waals surface area contributed by atoms with Gasteiger partial charge in [-0.1, -0.05) is 24.6 Å². The minimum Gasteiger partial charge on any atom is -0.393 e. The summed E-state index contributed by atoms with van der Waals surface area (Å²) in [6, 6.07) is 10.3. The zero-order valence-corrected chi connectivity index (χ0v) is 14.4. The number of para-hydroxylation sites is 1. The maximum atomic E-state index is 12.2. The molecule has 2 N–H and O–H groups in total. The smallest absolute Gasteiger partial charge is 0.317 e. The van der Waals surface area contributed by atoms with Crippen LogP contribution in [0.5, 0.6) is 0 Å². The van der Waals surface area contributed by atoms with Crippen molar-refractivity contribution in [2.75, 3.05) is 32.1 Å². The highest BCUT2D eigenvalue weighted by Gasteiger charge is 2.27. The van der Waals surface area contributed by atoms with Crippen molar-refractivity contribution in [3.05, 3.63) is 30.3 Å². The zero-order valence-electron chi connectivity index (χ0n) is 14.4. The lowest BCUT2D eigenvalue weighted by Gasteiger charge is -2.29. The average Bonchev–Trinajstić information content (AvgIpc) is 2.97. The topological polar surface area (TPSA) is 55.8 Å². The number of carbonyl (C=O) groups is 1. The van der Waals surface area contributed by atoms with Crippen LogP contribution < -0.4 is 10.2 Å². The molecule has 5 nitrogen and oxygen atoms in total. The molecule has 1 aromatic carbocycles. The first-order valence-corrected chi connectivity index (χ1v) is 8.44. The number of urea groups is 1. The van der Waals surface area contributed by atoms with E-state index < -0.39 is 0 Å². The minimum atomic E-state index is -0.256. The first-order chi connectivity index (χ1) is 11.0. The molecule has 23 heavy (non-hydrogen) atoms. The molecule has 0 radical (unpaired) electrons. The van der Waals surface area contributed by atoms with Crippen LogP contribution in [0, 0.1) is 5.92 Å². The molecule has 0 heterocycles. The van der Waals surface area contributed by atoms with Gasteiger partial charge in [-0.05, 0) is 31.9 Å². The van der Waals surface area contributed by atoms with Gasteiger partial charge in [0.25, 0.3) is 0 Å². The second-order valence-corrected chi connectivity index (χ2v) is 6.62. The molecule has 2 rings (SSSR count). The van der Waals surface area contributed by atoms with Gasteiger partial charge in [-0.25, -0.2) is 4.79 Å². The Kier molecular flexibility index (Phi) is 6.28. The third kappa shape index (κ3) is 4.86. The van der Waals surface area contributed by atoms with E-state index >= 15 is 0 Å². The molecule has 0 bridgehead atoms. The summed E-state index contributed by atoms with van der Waals surface area (Å²) in [5.74, 6) is 0.218. The molecule has 128 valence electrons. The number of rotatable bonds is 6. The van der Waals surface area contributed by atoms with Crippen molar-refractivity contribution in [2.45, 2.75) is 38.3 Å². The lowest BCUT2D eigenvalue weighted by atomic mass is 10.1. The van der Waals surface area contributed by atoms with Gasteiger partial charge in [-0.2, -0.15) is 0 Å². The summed E-state index contributed by atoms with van der Waals surface area (Å²) in [4.78, 5) is 16.1. The van der Waals surface area contributed by atoms with Crippen molar-refractivity contribution in [2.24, 2.45) is 5.92 Å². The molecular formula is C18H29N3O2. The molecule has 3 atom stereocenters. The van der Waals surface area contributed by atoms with E-state index in [-0.39, 0.29) is 24.1 Å². The van der Waals surface area contributed by atoms with Crippen molar-refractivity contribution in [3.8, 4) is 0 Å². The highest BCUT2D eigenvalue weighted by molar-refractivity contribution is 5.74. The number of benzene rings is 1. The number of nitrogens with one attached hydrogen (secondary N) is 1. The van der Waals surface area contributed by atoms with E-state index in [0.29, 0.717) is 13.1 Å². The molecule has 5 heteroatoms. The van der Waals surface area contributed by atoms with Crippen molar-refractivity contribution in [1.82, 2.24) is 10.2 Å². The van der Waals surface area contributed by atoms with Crippen LogP contribution in [-0.4, -0.2) is 55.4 Å². The Bertz CT molecular complexity index is 494. The second kappa shape index (κ2) is 8.20. The van der Waals surface area contributed by atoms with Crippen molar-refractivity contribution >= 4 is 11.7 Å². The van der Waals surface area contributed by atoms with Crippen LogP contribution in [0.25, 0.3) is 0 Å². The van der Waals surface area contributed by atoms with E-state index in [1.807, 2.05) is 25.2 Å². The largest absolute Gasteiger partial charge is 0.393 e. The van der Waals surface area contributed by atoms with Gasteiger partial charge in [0.15, 0.2) is 0 Å². The summed E-state index contributed by atoms with van der Waals surface area (Å²) < 4.78 is 0. The number of amides is 2. The van der Waals surface area contributed by atoms with Crippen LogP contribution >= 0.6 is 0 Å². The Morgan fingerprint density at radius 1 is 1.30 bits per heavy atom. The number of likely N-dealkylation sites (N-methyl/N-ethyl adjacent to an activating group) is 1. The summed E-state index contributed by atoms with van der Waals surface area (Å²) >= 11 is 0. The number of carbonyl (C=O) groups excluding carboxylic acids is 1. The molecule has 0 saturated heterocycles. The first-order valence-electron chi connectivity index (χ1n) is 8.44. The Morgan fingerprint density at radius 3 is 2.61 bits per heavy atom. The molecule has 3 unspecified atom stereocenters. The fourth-order valence-corrected chi connectivity index (χ4v) is 3.09. The molecule has 2 amide bonds. The zero-order chi connectivity index (χ0) is 16.8. The van der Waals surface area contributed by atoms with E-state index in [1.165, 1.54) is 0 Å². The summed E-state index contributed by atoms with van der Waals surface area (Å²) in [5.41, 5.74) is 1.14. The second-order valence-electron chi connectivity index (χ2n) is 6.62. The summed E-state index contributed by atoms with van der Waals surface area (Å²) in [7, 11) is 3.83. The number of nitrogens with zero attached hydrogens (tertiary/aromatic N) is 2. The number of aliphatic hydroxyl groups excluding tert-OH is 1. The van der Waals surface area contributed by atoms with Gasteiger partial charge in [0.2, 0.25) is 0 Å². The summed E-state index contributed by atoms with van der Waals surface area (Å²) in [6.07, 6.45) is 2.67. The summed E-state index contributed by atoms with van der Waals surface area (Å²) in [5, 5.41) is 12.9. The maximum Gasteiger partial charge on any atom is 0.317 e. The Morgan fingerprint density at radius 2 is 2.00 bits per heavy atom. The van der Waals surface area contributed by atoms with Gasteiger partial charge in [-0.3, -0.25) is 0 Å². The molecule has 1 saturated carbocycles. The van der Waals surface area contributed by atoms with Crippen LogP contribution in [0.15, 0.2) is 30.3 Å². The fraction of sp³-hybridized carbons (Fsp3) is 0.611. The van der Waals surface area contributed by atoms with Crippen molar-refractivity contribution in [3.63, 3.8) is 0 Å². The standard InChI is InChI=1S/C18H29N3O2/c1-14(21(3)16-9-5-4-6-10-16)12-19-18(23)20(2)13-15-8-7-11-17(15)22/h4-6,9-10,14-15,17,22H,7-8,11-13H2,1-3H3,(H,19,23). The number of aliphatic hydroxyl groups is 1. The highest BCUT2D eigenvalue weighted by atomic mass is 16.3. The van der Waals surface area contributed by atoms with Gasteiger partial charge >= 0.3 is 6.03 Å². The third-order valence-corrected chi connectivity index (χ3v) is 4.85. The van der Waals surface area contributed by atoms with E-state index in [0.717, 1.165) is 24.9 Å². The van der Waals surface area contributed by atoms with Crippen molar-refractivity contribution in [1.29, 1.82) is 0 Å². The van der Waals surface area contributed by atoms with Gasteiger partial charge in [0.1, 0.15) is 0 Å². The number of hydrogen-bond donors (Lipinski definition) is 2. The molecule has 0 aromatic heterocycles. The fourth-order valence-electron chi connectivity index (χ4n) is 3.09. The summed E-state index contributed by atoms with van der Waals surface area (Å²) in [6.45, 7) is 3.30. The Labute approximate surface area is 139 Å². The Balaban J connectivity index is 1.76. The molecule has 0 aliphatic heterocycles. The monoisotopic (exact) mass is 319 g/mol. The van der Waals surface area contributed by atoms with E-state index in [2.05, 4.69) is 29.3 Å². The van der Waals surface area contributed by atoms with Crippen molar-refractivity contribution < 1.29 is 9.90 Å². The molecule has 1 aliphatic carbocycles. The molecule has 1 fully saturated rings. The average molecular weight is 319 g/mol. The SMILES string of the molecule is CC(CNC(=O)N(C)CC1CCCC1O)N(C)c1ccccc1. The van der Waals surface area contributed by atoms with Crippen LogP contribution in [0.4, 0.5) is 10.5 Å². The van der Waals surface area contributed by atoms with Crippen LogP contribution in [0.3, 0.4) is 0 Å². The van der Waals surface area contributed by atoms with E-state index in [4.69, 9.17) is 0 Å². The lowest BCUT2D eigenvalue weighted by molar-refractivity contribution is 0.114. The minimum absolute atomic E-state index is 0.0718. The van der Waals surface area contributed by atoms with Gasteiger partial charge in [-0.15, -0.1) is 0 Å². The normalized spacial score (nSPS) is 21.7. The van der Waals surface area contributed by atoms with E-state index in [1.54, 1.807) is 11.9 Å². The number of hydrogen-bond acceptors (Lipinski definition) is 3. The van der Waals surface area contributed by atoms with Crippen LogP contribution in [-0.2, 0) is 0 Å². The maximum absolute atomic E-state index is 12.2. The molecular weight excluding hydrogens is 290 g/mol. The quantitative estimate of drug-likeness (QED) is 0.846. The van der Waals surface area contributed by atoms with E-state index in [9.17, 15) is 9.90 Å². The van der Waals surface area contributed by atoms with Gasteiger partial charge in [0, 0.05) is 44.8 Å². The molecule has 1 aliphatic rings. The highest BCUT2D eigenvalue weighted by Crippen LogP contribution is 2.25. The Hall–Kier alpha value is -1.75. The third-order valence-electron chi connectivity index (χ3n) is 4.85. The van der Waals surface area contributed by atoms with Gasteiger partial charge < -0.3 is 20.2 Å². The molecule has 1 aromatic rings. The predicted molar refractivity (Wildman–Crippen MR) is 93.7 cm³/mol. The number of anilines is 1. The van der Waals surface area contributed by atoms with Gasteiger partial charge in [0.05, 0.1) is 6.10 Å². The van der Waals surface area contributed by atoms with Crippen LogP contribution in [0.1, 0.15) is 26.2 Å². The predicted octanol–water partition coefficient (Wildman–Crippen LogP) is 2.31. The molecule has 0 spiro atoms. The first kappa shape index (κ1) is 17.6.